The highest BCUT2D eigenvalue weighted by Crippen LogP contribution is 3.02. The van der Waals surface area contributed by atoms with Crippen molar-refractivity contribution in [1.29, 1.82) is 0 Å². The molecule has 0 amide bonds. The zero-order chi connectivity index (χ0) is 12.7. The Balaban J connectivity index is 3.35. The van der Waals surface area contributed by atoms with E-state index in [1.165, 1.54) is 0 Å². The van der Waals surface area contributed by atoms with E-state index in [1.54, 1.807) is 0 Å². The van der Waals surface area contributed by atoms with Crippen LogP contribution in [-0.2, 0) is 6.42 Å². The molecule has 1 rings (SSSR count). The second-order valence-electron chi connectivity index (χ2n) is 3.26. The summed E-state index contributed by atoms with van der Waals surface area (Å²) >= 11 is 5.56. The molecule has 0 saturated heterocycles. The summed E-state index contributed by atoms with van der Waals surface area (Å²) in [5.74, 6) is 0. The Labute approximate surface area is 94.1 Å². The lowest BCUT2D eigenvalue weighted by Gasteiger charge is -2.40. The van der Waals surface area contributed by atoms with E-state index >= 15 is 0 Å². The minimum Gasteiger partial charge on any atom is -0.330 e. The van der Waals surface area contributed by atoms with Gasteiger partial charge in [-0.1, -0.05) is 31.0 Å². The van der Waals surface area contributed by atoms with Gasteiger partial charge in [0.25, 0.3) is 0 Å². The van der Waals surface area contributed by atoms with E-state index in [0.717, 1.165) is 6.07 Å². The van der Waals surface area contributed by atoms with Gasteiger partial charge in [-0.2, -0.15) is 0 Å². The van der Waals surface area contributed by atoms with Crippen molar-refractivity contribution in [3.05, 3.63) is 28.8 Å². The highest BCUT2D eigenvalue weighted by molar-refractivity contribution is 8.45. The fourth-order valence-corrected chi connectivity index (χ4v) is 2.04. The summed E-state index contributed by atoms with van der Waals surface area (Å²) in [6.07, 6.45) is 0.0144. The van der Waals surface area contributed by atoms with Crippen LogP contribution in [0.2, 0.25) is 5.02 Å². The van der Waals surface area contributed by atoms with Crippen molar-refractivity contribution in [2.45, 2.75) is 11.3 Å². The van der Waals surface area contributed by atoms with Crippen LogP contribution in [0.1, 0.15) is 5.56 Å². The van der Waals surface area contributed by atoms with Gasteiger partial charge >= 0.3 is 10.2 Å². The molecule has 0 radical (unpaired) electrons. The van der Waals surface area contributed by atoms with Crippen LogP contribution < -0.4 is 5.73 Å². The Morgan fingerprint density at radius 1 is 1.12 bits per heavy atom. The highest BCUT2D eigenvalue weighted by Gasteiger charge is 2.65. The molecule has 94 valence electrons. The lowest BCUT2D eigenvalue weighted by Crippen LogP contribution is -2.08. The summed E-state index contributed by atoms with van der Waals surface area (Å²) in [6.45, 7) is 0.0312. The number of hydrogen-bond acceptors (Lipinski definition) is 1. The summed E-state index contributed by atoms with van der Waals surface area (Å²) in [7, 11) is -9.62. The first-order valence-electron chi connectivity index (χ1n) is 4.16. The largest absolute Gasteiger partial charge is 0.330 e. The first-order valence-corrected chi connectivity index (χ1v) is 6.49. The third-order valence-corrected chi connectivity index (χ3v) is 3.39. The second-order valence-corrected chi connectivity index (χ2v) is 6.08. The predicted octanol–water partition coefficient (Wildman–Crippen LogP) is 4.50. The molecule has 0 saturated carbocycles. The number of halogens is 6. The maximum Gasteiger partial charge on any atom is 0.310 e. The Hall–Kier alpha value is -0.530. The molecule has 0 heterocycles. The summed E-state index contributed by atoms with van der Waals surface area (Å²) in [5, 5.41) is -0.00366. The van der Waals surface area contributed by atoms with Gasteiger partial charge in [-0.3, -0.25) is 0 Å². The molecule has 0 unspecified atom stereocenters. The summed E-state index contributed by atoms with van der Waals surface area (Å²) < 4.78 is 62.1. The predicted molar refractivity (Wildman–Crippen MR) is 55.6 cm³/mol. The van der Waals surface area contributed by atoms with Gasteiger partial charge in [0.05, 0.1) is 0 Å². The molecule has 0 aromatic heterocycles. The maximum atomic E-state index is 12.4. The number of hydrogen-bond donors (Lipinski definition) is 1. The molecular formula is C8H9ClF5NS. The van der Waals surface area contributed by atoms with Crippen LogP contribution in [0.25, 0.3) is 0 Å². The SMILES string of the molecule is NCCc1cc(S(F)(F)(F)(F)F)ccc1Cl. The average Bonchev–Trinajstić information content (AvgIpc) is 2.04. The molecule has 0 aliphatic carbocycles. The Kier molecular flexibility index (Phi) is 2.74. The number of rotatable bonds is 3. The van der Waals surface area contributed by atoms with Gasteiger partial charge in [-0.15, -0.1) is 0 Å². The van der Waals surface area contributed by atoms with Gasteiger partial charge in [-0.25, -0.2) is 0 Å². The third-order valence-electron chi connectivity index (χ3n) is 1.88. The smallest absolute Gasteiger partial charge is 0.310 e. The van der Waals surface area contributed by atoms with Gasteiger partial charge in [0.2, 0.25) is 0 Å². The van der Waals surface area contributed by atoms with Crippen molar-refractivity contribution < 1.29 is 19.4 Å². The molecule has 0 aliphatic heterocycles. The molecule has 1 aromatic carbocycles. The van der Waals surface area contributed by atoms with E-state index in [4.69, 9.17) is 17.3 Å². The summed E-state index contributed by atoms with van der Waals surface area (Å²) in [5.41, 5.74) is 5.10. The fraction of sp³-hybridized carbons (Fsp3) is 0.250. The fourth-order valence-electron chi connectivity index (χ4n) is 1.14. The topological polar surface area (TPSA) is 26.0 Å². The van der Waals surface area contributed by atoms with E-state index < -0.39 is 15.1 Å². The second kappa shape index (κ2) is 3.24. The maximum absolute atomic E-state index is 12.4. The Morgan fingerprint density at radius 3 is 2.12 bits per heavy atom. The first-order chi connectivity index (χ1) is 6.94. The van der Waals surface area contributed by atoms with Gasteiger partial charge in [0.15, 0.2) is 0 Å². The van der Waals surface area contributed by atoms with Crippen molar-refractivity contribution in [3.8, 4) is 0 Å². The van der Waals surface area contributed by atoms with E-state index in [-0.39, 0.29) is 29.6 Å². The number of nitrogens with two attached hydrogens (primary N) is 1. The summed E-state index contributed by atoms with van der Waals surface area (Å²) in [6, 6.07) is 1.44. The zero-order valence-corrected chi connectivity index (χ0v) is 9.47. The van der Waals surface area contributed by atoms with Crippen molar-refractivity contribution in [3.63, 3.8) is 0 Å². The molecule has 0 bridgehead atoms. The zero-order valence-electron chi connectivity index (χ0n) is 7.90. The van der Waals surface area contributed by atoms with Crippen molar-refractivity contribution in [2.75, 3.05) is 6.54 Å². The molecule has 1 nitrogen and oxygen atoms in total. The first kappa shape index (κ1) is 13.5. The van der Waals surface area contributed by atoms with Crippen LogP contribution >= 0.6 is 21.8 Å². The third kappa shape index (κ3) is 3.23. The van der Waals surface area contributed by atoms with E-state index in [1.807, 2.05) is 0 Å². The van der Waals surface area contributed by atoms with Gasteiger partial charge in [-0.05, 0) is 36.7 Å². The summed E-state index contributed by atoms with van der Waals surface area (Å²) in [4.78, 5) is -1.94. The van der Waals surface area contributed by atoms with E-state index in [9.17, 15) is 19.4 Å². The van der Waals surface area contributed by atoms with Crippen molar-refractivity contribution >= 4 is 21.8 Å². The van der Waals surface area contributed by atoms with Crippen LogP contribution in [0.4, 0.5) is 19.4 Å². The number of benzene rings is 1. The Bertz CT molecular complexity index is 415. The monoisotopic (exact) mass is 281 g/mol. The molecule has 16 heavy (non-hydrogen) atoms. The van der Waals surface area contributed by atoms with Crippen molar-refractivity contribution in [2.24, 2.45) is 5.73 Å². The normalized spacial score (nSPS) is 16.7. The standard InChI is InChI=1S/C8H9ClF5NS/c9-8-2-1-7(5-6(8)3-4-15)16(10,11,12,13)14/h1-2,5H,3-4,15H2. The van der Waals surface area contributed by atoms with E-state index in [2.05, 4.69) is 0 Å². The molecular weight excluding hydrogens is 273 g/mol. The van der Waals surface area contributed by atoms with Gasteiger partial charge < -0.3 is 5.73 Å². The van der Waals surface area contributed by atoms with E-state index in [0.29, 0.717) is 6.07 Å². The lowest BCUT2D eigenvalue weighted by atomic mass is 10.1. The molecule has 8 heteroatoms. The Morgan fingerprint density at radius 2 is 1.69 bits per heavy atom. The molecule has 0 aliphatic rings. The quantitative estimate of drug-likeness (QED) is 0.811. The molecule has 2 N–H and O–H groups in total. The van der Waals surface area contributed by atoms with Gasteiger partial charge in [0, 0.05) is 5.02 Å². The minimum absolute atomic E-state index is 0.00366. The lowest BCUT2D eigenvalue weighted by molar-refractivity contribution is 0.364. The molecule has 0 fully saturated rings. The molecule has 0 spiro atoms. The molecule has 1 aromatic rings. The molecule has 0 atom stereocenters. The van der Waals surface area contributed by atoms with Crippen LogP contribution in [0.5, 0.6) is 0 Å². The van der Waals surface area contributed by atoms with Crippen LogP contribution in [0, 0.1) is 0 Å². The van der Waals surface area contributed by atoms with Crippen LogP contribution in [0.3, 0.4) is 0 Å². The highest BCUT2D eigenvalue weighted by atomic mass is 35.5. The average molecular weight is 282 g/mol. The van der Waals surface area contributed by atoms with Crippen LogP contribution in [-0.4, -0.2) is 6.54 Å². The van der Waals surface area contributed by atoms with Crippen molar-refractivity contribution in [1.82, 2.24) is 0 Å². The minimum atomic E-state index is -9.62. The van der Waals surface area contributed by atoms with Gasteiger partial charge in [0.1, 0.15) is 4.90 Å². The van der Waals surface area contributed by atoms with Crippen LogP contribution in [0.15, 0.2) is 23.1 Å².